The molecule has 0 unspecified atom stereocenters. The fraction of sp³-hybridized carbons (Fsp3) is 0.385. The number of aliphatic hydroxyl groups excluding tert-OH is 1. The first-order valence-electron chi connectivity index (χ1n) is 12.0. The molecule has 0 fully saturated rings. The third-order valence-corrected chi connectivity index (χ3v) is 7.64. The number of thiazole rings is 1. The van der Waals surface area contributed by atoms with E-state index in [1.807, 2.05) is 33.8 Å². The number of ether oxygens (including phenoxy) is 1. The molecule has 5 rings (SSSR count). The number of fused-ring (bicyclic) bond motifs is 1. The third-order valence-electron chi connectivity index (χ3n) is 6.31. The van der Waals surface area contributed by atoms with Crippen molar-refractivity contribution in [3.05, 3.63) is 55.8 Å². The number of aromatic nitrogens is 4. The molecule has 0 amide bonds. The molecule has 0 saturated heterocycles. The molecule has 3 aromatic heterocycles. The monoisotopic (exact) mass is 540 g/mol. The third kappa shape index (κ3) is 5.06. The Morgan fingerprint density at radius 1 is 1.19 bits per heavy atom. The van der Waals surface area contributed by atoms with E-state index in [4.69, 9.17) is 35.8 Å². The number of nitrogens with zero attached hydrogens (tertiary/aromatic N) is 5. The summed E-state index contributed by atoms with van der Waals surface area (Å²) in [6.07, 6.45) is -0.633. The Kier molecular flexibility index (Phi) is 7.17. The highest BCUT2D eigenvalue weighted by molar-refractivity contribution is 7.11. The zero-order chi connectivity index (χ0) is 26.3. The summed E-state index contributed by atoms with van der Waals surface area (Å²) < 4.78 is 11.3. The maximum absolute atomic E-state index is 10.0. The van der Waals surface area contributed by atoms with Crippen LogP contribution in [-0.2, 0) is 13.1 Å². The number of halogens is 1. The van der Waals surface area contributed by atoms with Crippen molar-refractivity contribution in [2.75, 3.05) is 25.1 Å². The molecular weight excluding hydrogens is 512 g/mol. The van der Waals surface area contributed by atoms with E-state index in [-0.39, 0.29) is 6.61 Å². The summed E-state index contributed by atoms with van der Waals surface area (Å²) in [5, 5.41) is 18.7. The molecule has 1 aliphatic rings. The van der Waals surface area contributed by atoms with E-state index in [1.165, 1.54) is 4.88 Å². The number of anilines is 1. The molecule has 1 aromatic carbocycles. The first kappa shape index (κ1) is 25.6. The van der Waals surface area contributed by atoms with Crippen LogP contribution < -0.4 is 15.0 Å². The molecule has 1 atom stereocenters. The number of aliphatic hydroxyl groups is 1. The molecule has 11 heteroatoms. The van der Waals surface area contributed by atoms with Crippen LogP contribution in [0.2, 0.25) is 5.02 Å². The molecule has 4 heterocycles. The van der Waals surface area contributed by atoms with Gasteiger partial charge >= 0.3 is 0 Å². The second-order valence-corrected chi connectivity index (χ2v) is 10.9. The highest BCUT2D eigenvalue weighted by Crippen LogP contribution is 2.39. The highest BCUT2D eigenvalue weighted by atomic mass is 35.5. The van der Waals surface area contributed by atoms with Gasteiger partial charge in [-0.05, 0) is 52.9 Å². The predicted octanol–water partition coefficient (Wildman–Crippen LogP) is 4.62. The van der Waals surface area contributed by atoms with Crippen molar-refractivity contribution in [3.8, 4) is 28.4 Å². The summed E-state index contributed by atoms with van der Waals surface area (Å²) in [7, 11) is 1.78. The average Bonchev–Trinajstić information content (AvgIpc) is 3.51. The van der Waals surface area contributed by atoms with Crippen LogP contribution in [0.1, 0.15) is 32.6 Å². The van der Waals surface area contributed by atoms with Gasteiger partial charge in [0.15, 0.2) is 5.82 Å². The van der Waals surface area contributed by atoms with Crippen LogP contribution in [0.5, 0.6) is 5.75 Å². The minimum atomic E-state index is -0.633. The molecular formula is C26H29ClN6O3S. The van der Waals surface area contributed by atoms with Crippen molar-refractivity contribution in [3.63, 3.8) is 0 Å². The predicted molar refractivity (Wildman–Crippen MR) is 144 cm³/mol. The lowest BCUT2D eigenvalue weighted by atomic mass is 10.0. The van der Waals surface area contributed by atoms with Crippen LogP contribution in [0.4, 0.5) is 5.82 Å². The van der Waals surface area contributed by atoms with E-state index in [0.29, 0.717) is 41.0 Å². The van der Waals surface area contributed by atoms with Gasteiger partial charge in [0.2, 0.25) is 0 Å². The Bertz CT molecular complexity index is 1410. The standard InChI is InChI=1S/C26H29ClN6O3S/c1-13-24(23-14(2)32-36-15(23)3)30-25(31-26(13)33-10-21-22(11-33)37-16(4)29-21)19-8-18(6-7-20(19)27)35-12-17(34)9-28-5/h6-8,17,28,34H,9-12H2,1-5H3/t17-/m1/s1. The number of benzene rings is 1. The van der Waals surface area contributed by atoms with Crippen LogP contribution in [0.3, 0.4) is 0 Å². The number of hydrogen-bond acceptors (Lipinski definition) is 10. The topological polar surface area (TPSA) is 109 Å². The van der Waals surface area contributed by atoms with Gasteiger partial charge in [-0.15, -0.1) is 11.3 Å². The minimum Gasteiger partial charge on any atom is -0.491 e. The van der Waals surface area contributed by atoms with E-state index in [1.54, 1.807) is 30.5 Å². The van der Waals surface area contributed by atoms with Gasteiger partial charge in [0.25, 0.3) is 0 Å². The van der Waals surface area contributed by atoms with Gasteiger partial charge in [-0.3, -0.25) is 0 Å². The Hall–Kier alpha value is -3.05. The minimum absolute atomic E-state index is 0.148. The van der Waals surface area contributed by atoms with Crippen LogP contribution in [-0.4, -0.2) is 51.5 Å². The molecule has 194 valence electrons. The molecule has 37 heavy (non-hydrogen) atoms. The smallest absolute Gasteiger partial charge is 0.163 e. The molecule has 0 aliphatic carbocycles. The zero-order valence-electron chi connectivity index (χ0n) is 21.4. The van der Waals surface area contributed by atoms with Gasteiger partial charge < -0.3 is 24.6 Å². The van der Waals surface area contributed by atoms with E-state index < -0.39 is 6.10 Å². The summed E-state index contributed by atoms with van der Waals surface area (Å²) in [6.45, 7) is 9.84. The summed E-state index contributed by atoms with van der Waals surface area (Å²) in [4.78, 5) is 18.1. The van der Waals surface area contributed by atoms with Gasteiger partial charge in [0.05, 0.1) is 45.8 Å². The Morgan fingerprint density at radius 2 is 2.00 bits per heavy atom. The maximum Gasteiger partial charge on any atom is 0.163 e. The first-order chi connectivity index (χ1) is 17.7. The summed E-state index contributed by atoms with van der Waals surface area (Å²) in [5.41, 5.74) is 5.03. The summed E-state index contributed by atoms with van der Waals surface area (Å²) >= 11 is 8.38. The second-order valence-electron chi connectivity index (χ2n) is 9.17. The van der Waals surface area contributed by atoms with Gasteiger partial charge in [-0.1, -0.05) is 16.8 Å². The van der Waals surface area contributed by atoms with Crippen molar-refractivity contribution >= 4 is 28.8 Å². The van der Waals surface area contributed by atoms with Crippen molar-refractivity contribution in [2.24, 2.45) is 0 Å². The van der Waals surface area contributed by atoms with Crippen LogP contribution in [0.15, 0.2) is 22.7 Å². The Balaban J connectivity index is 1.59. The van der Waals surface area contributed by atoms with Crippen molar-refractivity contribution < 1.29 is 14.4 Å². The van der Waals surface area contributed by atoms with Crippen LogP contribution in [0, 0.1) is 27.7 Å². The SMILES string of the molecule is CNC[C@@H](O)COc1ccc(Cl)c(-c2nc(-c3c(C)noc3C)c(C)c(N3Cc4nc(C)sc4C3)n2)c1. The van der Waals surface area contributed by atoms with Crippen LogP contribution in [0.25, 0.3) is 22.6 Å². The molecule has 4 aromatic rings. The van der Waals surface area contributed by atoms with E-state index in [2.05, 4.69) is 15.4 Å². The summed E-state index contributed by atoms with van der Waals surface area (Å²) in [5.74, 6) is 2.55. The fourth-order valence-corrected chi connectivity index (χ4v) is 5.73. The molecule has 1 aliphatic heterocycles. The van der Waals surface area contributed by atoms with Gasteiger partial charge in [-0.25, -0.2) is 15.0 Å². The zero-order valence-corrected chi connectivity index (χ0v) is 23.0. The van der Waals surface area contributed by atoms with Crippen LogP contribution >= 0.6 is 22.9 Å². The molecule has 0 bridgehead atoms. The molecule has 2 N–H and O–H groups in total. The van der Waals surface area contributed by atoms with Gasteiger partial charge in [0.1, 0.15) is 30.0 Å². The molecule has 0 spiro atoms. The van der Waals surface area contributed by atoms with Gasteiger partial charge in [-0.2, -0.15) is 0 Å². The lowest BCUT2D eigenvalue weighted by Crippen LogP contribution is -2.29. The molecule has 0 saturated carbocycles. The van der Waals surface area contributed by atoms with E-state index >= 15 is 0 Å². The number of aryl methyl sites for hydroxylation is 3. The quantitative estimate of drug-likeness (QED) is 0.331. The Labute approximate surface area is 224 Å². The largest absolute Gasteiger partial charge is 0.491 e. The van der Waals surface area contributed by atoms with E-state index in [0.717, 1.165) is 45.6 Å². The lowest BCUT2D eigenvalue weighted by molar-refractivity contribution is 0.108. The van der Waals surface area contributed by atoms with Crippen molar-refractivity contribution in [2.45, 2.75) is 46.9 Å². The second kappa shape index (κ2) is 10.4. The van der Waals surface area contributed by atoms with E-state index in [9.17, 15) is 5.11 Å². The number of rotatable bonds is 8. The number of hydrogen-bond donors (Lipinski definition) is 2. The van der Waals surface area contributed by atoms with Crippen molar-refractivity contribution in [1.29, 1.82) is 0 Å². The lowest BCUT2D eigenvalue weighted by Gasteiger charge is -2.22. The Morgan fingerprint density at radius 3 is 2.70 bits per heavy atom. The van der Waals surface area contributed by atoms with Gasteiger partial charge in [0, 0.05) is 22.5 Å². The number of nitrogens with one attached hydrogen (secondary N) is 1. The molecule has 9 nitrogen and oxygen atoms in total. The summed E-state index contributed by atoms with van der Waals surface area (Å²) in [6, 6.07) is 5.34. The maximum atomic E-state index is 10.0. The highest BCUT2D eigenvalue weighted by Gasteiger charge is 2.29. The normalized spacial score (nSPS) is 13.8. The molecule has 0 radical (unpaired) electrons. The fourth-order valence-electron chi connectivity index (χ4n) is 4.57. The van der Waals surface area contributed by atoms with Crippen molar-refractivity contribution in [1.82, 2.24) is 25.4 Å². The number of likely N-dealkylation sites (N-methyl/N-ethyl adjacent to an activating group) is 1. The first-order valence-corrected chi connectivity index (χ1v) is 13.2. The average molecular weight is 541 g/mol.